The molecule has 0 radical (unpaired) electrons. The lowest BCUT2D eigenvalue weighted by atomic mass is 10.2. The maximum Gasteiger partial charge on any atom is 0.144 e. The lowest BCUT2D eigenvalue weighted by molar-refractivity contribution is 0.321. The monoisotopic (exact) mass is 205 g/mol. The van der Waals surface area contributed by atoms with Crippen molar-refractivity contribution >= 4 is 29.4 Å². The van der Waals surface area contributed by atoms with Gasteiger partial charge in [-0.1, -0.05) is 28.4 Å². The third-order valence-electron chi connectivity index (χ3n) is 1.30. The normalized spacial score (nSPS) is 10.8. The molecule has 12 heavy (non-hydrogen) atoms. The average Bonchev–Trinajstić information content (AvgIpc) is 2.07. The van der Waals surface area contributed by atoms with Gasteiger partial charge in [0.2, 0.25) is 0 Å². The van der Waals surface area contributed by atoms with Crippen LogP contribution in [0.1, 0.15) is 5.56 Å². The summed E-state index contributed by atoms with van der Waals surface area (Å²) in [6.45, 7) is 0. The van der Waals surface area contributed by atoms with Crippen LogP contribution in [-0.4, -0.2) is 16.5 Å². The fourth-order valence-corrected chi connectivity index (χ4v) is 1.05. The summed E-state index contributed by atoms with van der Waals surface area (Å²) in [7, 11) is 0. The quantitative estimate of drug-likeness (QED) is 0.421. The van der Waals surface area contributed by atoms with Crippen LogP contribution in [0.4, 0.5) is 0 Å². The Morgan fingerprint density at radius 1 is 1.33 bits per heavy atom. The standard InChI is InChI=1S/C7H5Cl2NO2/c8-5-2-1-4(3-10-12)7(11)6(5)9/h1-3,11-12H/b10-3+. The van der Waals surface area contributed by atoms with Gasteiger partial charge in [0.05, 0.1) is 11.2 Å². The first-order valence-electron chi connectivity index (χ1n) is 3.01. The Hall–Kier alpha value is -0.930. The Morgan fingerprint density at radius 2 is 2.00 bits per heavy atom. The van der Waals surface area contributed by atoms with Crippen molar-refractivity contribution in [1.29, 1.82) is 0 Å². The fraction of sp³-hybridized carbons (Fsp3) is 0. The van der Waals surface area contributed by atoms with E-state index in [0.717, 1.165) is 6.21 Å². The van der Waals surface area contributed by atoms with E-state index >= 15 is 0 Å². The van der Waals surface area contributed by atoms with Crippen LogP contribution >= 0.6 is 23.2 Å². The Labute approximate surface area is 78.8 Å². The van der Waals surface area contributed by atoms with Crippen LogP contribution in [0.25, 0.3) is 0 Å². The summed E-state index contributed by atoms with van der Waals surface area (Å²) in [5.74, 6) is -0.193. The molecule has 1 rings (SSSR count). The SMILES string of the molecule is O/N=C/c1ccc(Cl)c(Cl)c1O. The van der Waals surface area contributed by atoms with Gasteiger partial charge in [-0.2, -0.15) is 0 Å². The molecule has 0 fully saturated rings. The van der Waals surface area contributed by atoms with E-state index in [4.69, 9.17) is 28.4 Å². The Morgan fingerprint density at radius 3 is 2.58 bits per heavy atom. The van der Waals surface area contributed by atoms with Crippen molar-refractivity contribution in [3.8, 4) is 5.75 Å². The Kier molecular flexibility index (Phi) is 2.78. The molecule has 3 nitrogen and oxygen atoms in total. The van der Waals surface area contributed by atoms with Gasteiger partial charge in [-0.15, -0.1) is 0 Å². The molecule has 0 aliphatic heterocycles. The van der Waals surface area contributed by atoms with Crippen molar-refractivity contribution in [3.63, 3.8) is 0 Å². The van der Waals surface area contributed by atoms with Gasteiger partial charge >= 0.3 is 0 Å². The number of nitrogens with zero attached hydrogens (tertiary/aromatic N) is 1. The molecule has 0 aliphatic carbocycles. The van der Waals surface area contributed by atoms with Gasteiger partial charge in [0.1, 0.15) is 10.8 Å². The maximum atomic E-state index is 9.29. The lowest BCUT2D eigenvalue weighted by Gasteiger charge is -2.01. The van der Waals surface area contributed by atoms with Crippen LogP contribution in [-0.2, 0) is 0 Å². The molecule has 0 heterocycles. The van der Waals surface area contributed by atoms with Gasteiger partial charge < -0.3 is 10.3 Å². The van der Waals surface area contributed by atoms with E-state index in [1.807, 2.05) is 0 Å². The lowest BCUT2D eigenvalue weighted by Crippen LogP contribution is -1.83. The second-order valence-corrected chi connectivity index (χ2v) is 2.83. The molecule has 5 heteroatoms. The number of phenolic OH excluding ortho intramolecular Hbond substituents is 1. The van der Waals surface area contributed by atoms with Gasteiger partial charge in [0, 0.05) is 5.56 Å². The van der Waals surface area contributed by atoms with E-state index in [1.54, 1.807) is 0 Å². The number of benzene rings is 1. The molecule has 0 spiro atoms. The molecule has 0 bridgehead atoms. The van der Waals surface area contributed by atoms with Crippen LogP contribution in [0.15, 0.2) is 17.3 Å². The molecule has 0 aromatic heterocycles. The van der Waals surface area contributed by atoms with Crippen molar-refractivity contribution in [1.82, 2.24) is 0 Å². The van der Waals surface area contributed by atoms with Gasteiger partial charge in [-0.3, -0.25) is 0 Å². The first-order chi connectivity index (χ1) is 5.66. The molecule has 0 atom stereocenters. The summed E-state index contributed by atoms with van der Waals surface area (Å²) in [5.41, 5.74) is 0.312. The molecule has 64 valence electrons. The zero-order valence-electron chi connectivity index (χ0n) is 5.83. The van der Waals surface area contributed by atoms with Crippen molar-refractivity contribution < 1.29 is 10.3 Å². The second-order valence-electron chi connectivity index (χ2n) is 2.04. The highest BCUT2D eigenvalue weighted by Gasteiger charge is 2.07. The minimum atomic E-state index is -0.193. The third kappa shape index (κ3) is 1.62. The van der Waals surface area contributed by atoms with Crippen LogP contribution in [0.5, 0.6) is 5.75 Å². The molecule has 0 saturated heterocycles. The van der Waals surface area contributed by atoms with Crippen molar-refractivity contribution in [3.05, 3.63) is 27.7 Å². The number of halogens is 2. The van der Waals surface area contributed by atoms with Gasteiger partial charge in [-0.25, -0.2) is 0 Å². The number of rotatable bonds is 1. The molecule has 2 N–H and O–H groups in total. The maximum absolute atomic E-state index is 9.29. The Balaban J connectivity index is 3.26. The smallest absolute Gasteiger partial charge is 0.144 e. The van der Waals surface area contributed by atoms with E-state index < -0.39 is 0 Å². The number of phenols is 1. The minimum Gasteiger partial charge on any atom is -0.506 e. The summed E-state index contributed by atoms with van der Waals surface area (Å²) < 4.78 is 0. The third-order valence-corrected chi connectivity index (χ3v) is 2.09. The van der Waals surface area contributed by atoms with E-state index in [0.29, 0.717) is 5.56 Å². The van der Waals surface area contributed by atoms with Gasteiger partial charge in [0.15, 0.2) is 0 Å². The summed E-state index contributed by atoms with van der Waals surface area (Å²) >= 11 is 11.2. The van der Waals surface area contributed by atoms with Crippen molar-refractivity contribution in [2.24, 2.45) is 5.16 Å². The van der Waals surface area contributed by atoms with Gasteiger partial charge in [-0.05, 0) is 12.1 Å². The first-order valence-corrected chi connectivity index (χ1v) is 3.77. The molecular formula is C7H5Cl2NO2. The molecule has 1 aromatic carbocycles. The zero-order chi connectivity index (χ0) is 9.14. The molecule has 0 amide bonds. The molecular weight excluding hydrogens is 201 g/mol. The van der Waals surface area contributed by atoms with Crippen LogP contribution in [0.3, 0.4) is 0 Å². The zero-order valence-corrected chi connectivity index (χ0v) is 7.34. The number of hydrogen-bond acceptors (Lipinski definition) is 3. The topological polar surface area (TPSA) is 52.8 Å². The summed E-state index contributed by atoms with van der Waals surface area (Å²) in [4.78, 5) is 0. The molecule has 0 aliphatic rings. The predicted molar refractivity (Wildman–Crippen MR) is 47.5 cm³/mol. The highest BCUT2D eigenvalue weighted by Crippen LogP contribution is 2.32. The van der Waals surface area contributed by atoms with Crippen LogP contribution in [0.2, 0.25) is 10.0 Å². The van der Waals surface area contributed by atoms with Crippen LogP contribution in [0, 0.1) is 0 Å². The number of oxime groups is 1. The second kappa shape index (κ2) is 3.65. The minimum absolute atomic E-state index is 0.0501. The highest BCUT2D eigenvalue weighted by atomic mass is 35.5. The van der Waals surface area contributed by atoms with E-state index in [1.165, 1.54) is 12.1 Å². The Bertz CT molecular complexity index is 325. The van der Waals surface area contributed by atoms with E-state index in [9.17, 15) is 5.11 Å². The van der Waals surface area contributed by atoms with Crippen LogP contribution < -0.4 is 0 Å². The molecule has 0 unspecified atom stereocenters. The summed E-state index contributed by atoms with van der Waals surface area (Å²) in [6.07, 6.45) is 1.07. The number of aromatic hydroxyl groups is 1. The molecule has 0 saturated carbocycles. The highest BCUT2D eigenvalue weighted by molar-refractivity contribution is 6.43. The van der Waals surface area contributed by atoms with Crippen molar-refractivity contribution in [2.75, 3.05) is 0 Å². The number of hydrogen-bond donors (Lipinski definition) is 2. The van der Waals surface area contributed by atoms with E-state index in [-0.39, 0.29) is 15.8 Å². The fourth-order valence-electron chi connectivity index (χ4n) is 0.721. The summed E-state index contributed by atoms with van der Waals surface area (Å²) in [5, 5.41) is 20.5. The average molecular weight is 206 g/mol. The van der Waals surface area contributed by atoms with Crippen molar-refractivity contribution in [2.45, 2.75) is 0 Å². The largest absolute Gasteiger partial charge is 0.506 e. The molecule has 1 aromatic rings. The van der Waals surface area contributed by atoms with E-state index in [2.05, 4.69) is 5.16 Å². The first kappa shape index (κ1) is 9.16. The predicted octanol–water partition coefficient (Wildman–Crippen LogP) is 2.51. The van der Waals surface area contributed by atoms with Gasteiger partial charge in [0.25, 0.3) is 0 Å². The summed E-state index contributed by atoms with van der Waals surface area (Å²) in [6, 6.07) is 2.99.